The van der Waals surface area contributed by atoms with E-state index in [1.165, 1.54) is 12.1 Å². The summed E-state index contributed by atoms with van der Waals surface area (Å²) in [5.41, 5.74) is 1.98. The Morgan fingerprint density at radius 2 is 1.77 bits per heavy atom. The molecule has 2 aromatic rings. The number of anilines is 1. The maximum absolute atomic E-state index is 12.1. The van der Waals surface area contributed by atoms with E-state index in [2.05, 4.69) is 9.46 Å². The molecule has 0 bridgehead atoms. The molecule has 0 spiro atoms. The third-order valence-electron chi connectivity index (χ3n) is 2.93. The molecule has 0 aromatic heterocycles. The van der Waals surface area contributed by atoms with Crippen LogP contribution in [0, 0.1) is 0 Å². The minimum Gasteiger partial charge on any atom is -0.435 e. The fraction of sp³-hybridized carbons (Fsp3) is 0.200. The fourth-order valence-electron chi connectivity index (χ4n) is 1.84. The summed E-state index contributed by atoms with van der Waals surface area (Å²) in [6, 6.07) is 13.0. The van der Waals surface area contributed by atoms with Crippen LogP contribution in [0.4, 0.5) is 14.5 Å². The highest BCUT2D eigenvalue weighted by Crippen LogP contribution is 2.25. The molecular weight excluding hydrogens is 312 g/mol. The molecule has 2 rings (SSSR count). The molecule has 0 aliphatic heterocycles. The van der Waals surface area contributed by atoms with Crippen LogP contribution in [0.25, 0.3) is 11.1 Å². The van der Waals surface area contributed by atoms with Gasteiger partial charge in [0.1, 0.15) is 5.75 Å². The first kappa shape index (κ1) is 16.2. The van der Waals surface area contributed by atoms with Gasteiger partial charge in [-0.05, 0) is 42.3 Å². The van der Waals surface area contributed by atoms with Crippen molar-refractivity contribution in [3.63, 3.8) is 0 Å². The number of hydrogen-bond donors (Lipinski definition) is 1. The van der Waals surface area contributed by atoms with E-state index in [0.717, 1.165) is 11.1 Å². The van der Waals surface area contributed by atoms with Crippen LogP contribution < -0.4 is 9.46 Å². The third-order valence-corrected chi connectivity index (χ3v) is 4.24. The molecule has 0 saturated heterocycles. The average molecular weight is 327 g/mol. The molecule has 0 amide bonds. The van der Waals surface area contributed by atoms with Gasteiger partial charge in [-0.1, -0.05) is 24.3 Å². The highest BCUT2D eigenvalue weighted by molar-refractivity contribution is 7.92. The van der Waals surface area contributed by atoms with Gasteiger partial charge in [0.25, 0.3) is 0 Å². The molecule has 0 aliphatic carbocycles. The van der Waals surface area contributed by atoms with Crippen molar-refractivity contribution in [3.05, 3.63) is 48.5 Å². The molecule has 2 aromatic carbocycles. The molecule has 7 heteroatoms. The predicted octanol–water partition coefficient (Wildman–Crippen LogP) is 3.72. The van der Waals surface area contributed by atoms with Crippen molar-refractivity contribution in [2.75, 3.05) is 10.5 Å². The van der Waals surface area contributed by atoms with E-state index >= 15 is 0 Å². The largest absolute Gasteiger partial charge is 0.435 e. The zero-order valence-corrected chi connectivity index (χ0v) is 12.6. The first-order valence-electron chi connectivity index (χ1n) is 6.55. The smallest absolute Gasteiger partial charge is 0.387 e. The maximum Gasteiger partial charge on any atom is 0.387 e. The zero-order chi connectivity index (χ0) is 16.2. The van der Waals surface area contributed by atoms with Crippen molar-refractivity contribution in [2.24, 2.45) is 0 Å². The Kier molecular flexibility index (Phi) is 4.97. The van der Waals surface area contributed by atoms with E-state index in [-0.39, 0.29) is 11.5 Å². The summed E-state index contributed by atoms with van der Waals surface area (Å²) >= 11 is 0. The maximum atomic E-state index is 12.1. The number of sulfonamides is 1. The summed E-state index contributed by atoms with van der Waals surface area (Å²) in [6.45, 7) is -1.31. The first-order valence-corrected chi connectivity index (χ1v) is 8.20. The second kappa shape index (κ2) is 6.74. The lowest BCUT2D eigenvalue weighted by atomic mass is 10.1. The van der Waals surface area contributed by atoms with Gasteiger partial charge < -0.3 is 4.74 Å². The van der Waals surface area contributed by atoms with Crippen molar-refractivity contribution >= 4 is 15.7 Å². The predicted molar refractivity (Wildman–Crippen MR) is 81.6 cm³/mol. The van der Waals surface area contributed by atoms with Crippen LogP contribution in [0.1, 0.15) is 6.92 Å². The fourth-order valence-corrected chi connectivity index (χ4v) is 2.47. The van der Waals surface area contributed by atoms with Crippen LogP contribution in [0.5, 0.6) is 5.75 Å². The topological polar surface area (TPSA) is 55.4 Å². The first-order chi connectivity index (χ1) is 10.4. The lowest BCUT2D eigenvalue weighted by Crippen LogP contribution is -2.14. The van der Waals surface area contributed by atoms with Gasteiger partial charge in [0.05, 0.1) is 5.75 Å². The molecule has 22 heavy (non-hydrogen) atoms. The average Bonchev–Trinajstić information content (AvgIpc) is 2.47. The SMILES string of the molecule is CCS(=O)(=O)Nc1cccc(-c2ccc(OC(F)F)cc2)c1. The molecule has 4 nitrogen and oxygen atoms in total. The van der Waals surface area contributed by atoms with Crippen molar-refractivity contribution in [3.8, 4) is 16.9 Å². The minimum absolute atomic E-state index is 0.0170. The van der Waals surface area contributed by atoms with Gasteiger partial charge >= 0.3 is 6.61 Å². The van der Waals surface area contributed by atoms with Crippen LogP contribution in [0.3, 0.4) is 0 Å². The van der Waals surface area contributed by atoms with Crippen molar-refractivity contribution in [2.45, 2.75) is 13.5 Å². The molecule has 118 valence electrons. The lowest BCUT2D eigenvalue weighted by molar-refractivity contribution is -0.0498. The second-order valence-corrected chi connectivity index (χ2v) is 6.50. The highest BCUT2D eigenvalue weighted by atomic mass is 32.2. The number of rotatable bonds is 6. The Bertz CT molecular complexity index is 731. The summed E-state index contributed by atoms with van der Waals surface area (Å²) in [5.74, 6) is 0.0539. The Hall–Kier alpha value is -2.15. The normalized spacial score (nSPS) is 11.5. The lowest BCUT2D eigenvalue weighted by Gasteiger charge is -2.09. The molecular formula is C15H15F2NO3S. The minimum atomic E-state index is -3.35. The van der Waals surface area contributed by atoms with Gasteiger partial charge in [0.2, 0.25) is 10.0 Å². The second-order valence-electron chi connectivity index (χ2n) is 4.49. The monoisotopic (exact) mass is 327 g/mol. The van der Waals surface area contributed by atoms with Gasteiger partial charge in [-0.15, -0.1) is 0 Å². The van der Waals surface area contributed by atoms with Crippen LogP contribution in [0.15, 0.2) is 48.5 Å². The summed E-state index contributed by atoms with van der Waals surface area (Å²) in [5, 5.41) is 0. The number of hydrogen-bond acceptors (Lipinski definition) is 3. The summed E-state index contributed by atoms with van der Waals surface area (Å²) < 4.78 is 54.1. The Morgan fingerprint density at radius 1 is 1.09 bits per heavy atom. The number of alkyl halides is 2. The summed E-state index contributed by atoms with van der Waals surface area (Å²) in [6.07, 6.45) is 0. The molecule has 0 radical (unpaired) electrons. The van der Waals surface area contributed by atoms with E-state index < -0.39 is 16.6 Å². The van der Waals surface area contributed by atoms with Crippen molar-refractivity contribution < 1.29 is 21.9 Å². The van der Waals surface area contributed by atoms with Crippen LogP contribution >= 0.6 is 0 Å². The molecule has 0 aliphatic rings. The van der Waals surface area contributed by atoms with E-state index in [1.807, 2.05) is 0 Å². The Labute approximate surface area is 127 Å². The van der Waals surface area contributed by atoms with Gasteiger partial charge in [0, 0.05) is 5.69 Å². The van der Waals surface area contributed by atoms with Gasteiger partial charge in [-0.3, -0.25) is 4.72 Å². The molecule has 0 saturated carbocycles. The highest BCUT2D eigenvalue weighted by Gasteiger charge is 2.08. The van der Waals surface area contributed by atoms with E-state index in [4.69, 9.17) is 0 Å². The number of ether oxygens (including phenoxy) is 1. The third kappa shape index (κ3) is 4.42. The molecule has 0 fully saturated rings. The number of nitrogens with one attached hydrogen (secondary N) is 1. The Morgan fingerprint density at radius 3 is 2.36 bits per heavy atom. The van der Waals surface area contributed by atoms with Crippen LogP contribution in [0.2, 0.25) is 0 Å². The standard InChI is InChI=1S/C15H15F2NO3S/c1-2-22(19,20)18-13-5-3-4-12(10-13)11-6-8-14(9-7-11)21-15(16)17/h3-10,15,18H,2H2,1H3. The molecule has 0 heterocycles. The molecule has 1 N–H and O–H groups in total. The quantitative estimate of drug-likeness (QED) is 0.880. The van der Waals surface area contributed by atoms with E-state index in [0.29, 0.717) is 5.69 Å². The van der Waals surface area contributed by atoms with Crippen molar-refractivity contribution in [1.82, 2.24) is 0 Å². The Balaban J connectivity index is 2.22. The number of benzene rings is 2. The van der Waals surface area contributed by atoms with Crippen LogP contribution in [-0.4, -0.2) is 20.8 Å². The van der Waals surface area contributed by atoms with Gasteiger partial charge in [-0.25, -0.2) is 8.42 Å². The summed E-state index contributed by atoms with van der Waals surface area (Å²) in [4.78, 5) is 0. The molecule has 0 unspecified atom stereocenters. The van der Waals surface area contributed by atoms with Crippen LogP contribution in [-0.2, 0) is 10.0 Å². The van der Waals surface area contributed by atoms with E-state index in [1.54, 1.807) is 43.3 Å². The number of halogens is 2. The van der Waals surface area contributed by atoms with Crippen molar-refractivity contribution in [1.29, 1.82) is 0 Å². The zero-order valence-electron chi connectivity index (χ0n) is 11.8. The molecule has 0 atom stereocenters. The van der Waals surface area contributed by atoms with Gasteiger partial charge in [0.15, 0.2) is 0 Å². The van der Waals surface area contributed by atoms with Gasteiger partial charge in [-0.2, -0.15) is 8.78 Å². The van der Waals surface area contributed by atoms with E-state index in [9.17, 15) is 17.2 Å². The summed E-state index contributed by atoms with van der Waals surface area (Å²) in [7, 11) is -3.35.